The highest BCUT2D eigenvalue weighted by Gasteiger charge is 2.24. The summed E-state index contributed by atoms with van der Waals surface area (Å²) in [4.78, 5) is 0. The van der Waals surface area contributed by atoms with E-state index in [2.05, 4.69) is 50.7 Å². The van der Waals surface area contributed by atoms with E-state index in [1.54, 1.807) is 14.2 Å². The quantitative estimate of drug-likeness (QED) is 0.338. The second-order valence-electron chi connectivity index (χ2n) is 8.24. The van der Waals surface area contributed by atoms with E-state index in [0.29, 0.717) is 0 Å². The van der Waals surface area contributed by atoms with Gasteiger partial charge in [-0.1, -0.05) is 24.3 Å². The van der Waals surface area contributed by atoms with Gasteiger partial charge in [0.15, 0.2) is 5.82 Å². The SMILES string of the molecule is COc1ccc(-c2nnc(-n3c4c(c5ccccc53)CCC=C4)n2-c2ccc(OC)cc2)cc1. The number of aromatic nitrogens is 4. The normalized spacial score (nSPS) is 12.6. The summed E-state index contributed by atoms with van der Waals surface area (Å²) in [5, 5.41) is 10.7. The first-order valence-corrected chi connectivity index (χ1v) is 11.3. The summed E-state index contributed by atoms with van der Waals surface area (Å²) >= 11 is 0. The number of para-hydroxylation sites is 1. The fourth-order valence-corrected chi connectivity index (χ4v) is 4.72. The van der Waals surface area contributed by atoms with Crippen LogP contribution in [0.4, 0.5) is 0 Å². The van der Waals surface area contributed by atoms with Crippen molar-refractivity contribution in [3.63, 3.8) is 0 Å². The highest BCUT2D eigenvalue weighted by atomic mass is 16.5. The van der Waals surface area contributed by atoms with Crippen molar-refractivity contribution in [1.82, 2.24) is 19.3 Å². The second kappa shape index (κ2) is 8.23. The summed E-state index contributed by atoms with van der Waals surface area (Å²) in [6.07, 6.45) is 6.50. The lowest BCUT2D eigenvalue weighted by Gasteiger charge is -2.15. The molecule has 5 aromatic rings. The highest BCUT2D eigenvalue weighted by molar-refractivity contribution is 5.90. The second-order valence-corrected chi connectivity index (χ2v) is 8.24. The minimum atomic E-state index is 0.750. The molecule has 0 saturated heterocycles. The van der Waals surface area contributed by atoms with E-state index < -0.39 is 0 Å². The lowest BCUT2D eigenvalue weighted by Crippen LogP contribution is -2.09. The average molecular weight is 449 g/mol. The van der Waals surface area contributed by atoms with Gasteiger partial charge in [0.1, 0.15) is 11.5 Å². The smallest absolute Gasteiger partial charge is 0.241 e. The van der Waals surface area contributed by atoms with E-state index in [1.165, 1.54) is 10.9 Å². The van der Waals surface area contributed by atoms with Gasteiger partial charge in [0, 0.05) is 10.9 Å². The number of allylic oxidation sites excluding steroid dienone is 1. The predicted octanol–water partition coefficient (Wildman–Crippen LogP) is 5.85. The van der Waals surface area contributed by atoms with Gasteiger partial charge in [-0.3, -0.25) is 9.13 Å². The first-order chi connectivity index (χ1) is 16.8. The molecule has 2 heterocycles. The maximum atomic E-state index is 5.39. The number of rotatable bonds is 5. The number of aryl methyl sites for hydroxylation is 1. The fraction of sp³-hybridized carbons (Fsp3) is 0.143. The van der Waals surface area contributed by atoms with E-state index in [9.17, 15) is 0 Å². The van der Waals surface area contributed by atoms with Crippen molar-refractivity contribution >= 4 is 17.0 Å². The number of hydrogen-bond acceptors (Lipinski definition) is 4. The molecule has 168 valence electrons. The van der Waals surface area contributed by atoms with Gasteiger partial charge < -0.3 is 9.47 Å². The third kappa shape index (κ3) is 3.18. The van der Waals surface area contributed by atoms with Crippen LogP contribution in [0.1, 0.15) is 17.7 Å². The molecule has 0 unspecified atom stereocenters. The Labute approximate surface area is 197 Å². The van der Waals surface area contributed by atoms with E-state index >= 15 is 0 Å². The Hall–Kier alpha value is -4.32. The lowest BCUT2D eigenvalue weighted by molar-refractivity contribution is 0.414. The number of ether oxygens (including phenoxy) is 2. The van der Waals surface area contributed by atoms with Crippen LogP contribution >= 0.6 is 0 Å². The van der Waals surface area contributed by atoms with Gasteiger partial charge in [-0.05, 0) is 79.1 Å². The minimum Gasteiger partial charge on any atom is -0.497 e. The van der Waals surface area contributed by atoms with Gasteiger partial charge in [0.2, 0.25) is 5.95 Å². The molecular weight excluding hydrogens is 424 g/mol. The number of hydrogen-bond donors (Lipinski definition) is 0. The van der Waals surface area contributed by atoms with Crippen LogP contribution in [0.5, 0.6) is 11.5 Å². The monoisotopic (exact) mass is 448 g/mol. The van der Waals surface area contributed by atoms with E-state index in [-0.39, 0.29) is 0 Å². The van der Waals surface area contributed by atoms with Gasteiger partial charge in [-0.15, -0.1) is 10.2 Å². The molecule has 6 nitrogen and oxygen atoms in total. The molecule has 0 N–H and O–H groups in total. The molecule has 2 aromatic heterocycles. The summed E-state index contributed by atoms with van der Waals surface area (Å²) in [5.74, 6) is 3.11. The van der Waals surface area contributed by atoms with Crippen LogP contribution in [0.15, 0.2) is 78.9 Å². The number of nitrogens with zero attached hydrogens (tertiary/aromatic N) is 4. The van der Waals surface area contributed by atoms with Crippen molar-refractivity contribution in [2.45, 2.75) is 12.8 Å². The van der Waals surface area contributed by atoms with Crippen molar-refractivity contribution in [3.05, 3.63) is 90.1 Å². The Morgan fingerprint density at radius 1 is 0.765 bits per heavy atom. The van der Waals surface area contributed by atoms with Gasteiger partial charge in [-0.25, -0.2) is 0 Å². The van der Waals surface area contributed by atoms with Gasteiger partial charge >= 0.3 is 0 Å². The summed E-state index contributed by atoms with van der Waals surface area (Å²) in [6.45, 7) is 0. The summed E-state index contributed by atoms with van der Waals surface area (Å²) in [5.41, 5.74) is 5.56. The summed E-state index contributed by atoms with van der Waals surface area (Å²) < 4.78 is 15.1. The lowest BCUT2D eigenvalue weighted by atomic mass is 10.0. The number of fused-ring (bicyclic) bond motifs is 3. The van der Waals surface area contributed by atoms with Crippen molar-refractivity contribution in [2.75, 3.05) is 14.2 Å². The van der Waals surface area contributed by atoms with Gasteiger partial charge in [-0.2, -0.15) is 0 Å². The Balaban J connectivity index is 1.64. The third-order valence-electron chi connectivity index (χ3n) is 6.38. The maximum Gasteiger partial charge on any atom is 0.241 e. The van der Waals surface area contributed by atoms with Gasteiger partial charge in [0.05, 0.1) is 31.1 Å². The number of methoxy groups -OCH3 is 2. The largest absolute Gasteiger partial charge is 0.497 e. The Morgan fingerprint density at radius 3 is 2.21 bits per heavy atom. The molecule has 0 spiro atoms. The summed E-state index contributed by atoms with van der Waals surface area (Å²) in [7, 11) is 3.34. The topological polar surface area (TPSA) is 54.1 Å². The van der Waals surface area contributed by atoms with Crippen LogP contribution in [0, 0.1) is 0 Å². The molecule has 0 bridgehead atoms. The van der Waals surface area contributed by atoms with Crippen LogP contribution in [0.25, 0.3) is 40.0 Å². The number of benzene rings is 3. The summed E-state index contributed by atoms with van der Waals surface area (Å²) in [6, 6.07) is 24.4. The highest BCUT2D eigenvalue weighted by Crippen LogP contribution is 2.35. The third-order valence-corrected chi connectivity index (χ3v) is 6.38. The van der Waals surface area contributed by atoms with Gasteiger partial charge in [0.25, 0.3) is 0 Å². The van der Waals surface area contributed by atoms with Crippen LogP contribution in [-0.2, 0) is 6.42 Å². The first kappa shape index (κ1) is 20.3. The molecule has 0 aliphatic heterocycles. The molecule has 6 rings (SSSR count). The zero-order valence-electron chi connectivity index (χ0n) is 19.1. The van der Waals surface area contributed by atoms with Crippen molar-refractivity contribution in [1.29, 1.82) is 0 Å². The van der Waals surface area contributed by atoms with Crippen LogP contribution in [-0.4, -0.2) is 33.6 Å². The zero-order chi connectivity index (χ0) is 23.1. The predicted molar refractivity (Wildman–Crippen MR) is 134 cm³/mol. The zero-order valence-corrected chi connectivity index (χ0v) is 19.1. The Bertz CT molecular complexity index is 1510. The molecule has 0 radical (unpaired) electrons. The molecule has 3 aromatic carbocycles. The van der Waals surface area contributed by atoms with E-state index in [0.717, 1.165) is 58.6 Å². The maximum absolute atomic E-state index is 5.39. The minimum absolute atomic E-state index is 0.750. The molecule has 0 fully saturated rings. The van der Waals surface area contributed by atoms with Crippen LogP contribution in [0.3, 0.4) is 0 Å². The van der Waals surface area contributed by atoms with E-state index in [4.69, 9.17) is 14.6 Å². The molecular formula is C28H24N4O2. The molecule has 34 heavy (non-hydrogen) atoms. The molecule has 1 aliphatic rings. The van der Waals surface area contributed by atoms with Crippen LogP contribution < -0.4 is 9.47 Å². The van der Waals surface area contributed by atoms with Crippen molar-refractivity contribution in [3.8, 4) is 34.5 Å². The van der Waals surface area contributed by atoms with E-state index in [1.807, 2.05) is 48.5 Å². The average Bonchev–Trinajstić information content (AvgIpc) is 3.48. The standard InChI is InChI=1S/C28H24N4O2/c1-33-21-15-11-19(12-16-21)27-29-30-28(31(27)20-13-17-22(34-2)18-14-20)32-25-9-5-3-7-23(25)24-8-4-6-10-26(24)32/h3,5-7,9-18H,4,8H2,1-2H3. The Kier molecular flexibility index (Phi) is 4.91. The first-order valence-electron chi connectivity index (χ1n) is 11.3. The molecule has 6 heteroatoms. The molecule has 0 amide bonds. The van der Waals surface area contributed by atoms with Crippen molar-refractivity contribution < 1.29 is 9.47 Å². The Morgan fingerprint density at radius 2 is 1.47 bits per heavy atom. The molecule has 1 aliphatic carbocycles. The van der Waals surface area contributed by atoms with Crippen molar-refractivity contribution in [2.24, 2.45) is 0 Å². The fourth-order valence-electron chi connectivity index (χ4n) is 4.72. The van der Waals surface area contributed by atoms with Crippen LogP contribution in [0.2, 0.25) is 0 Å². The molecule has 0 saturated carbocycles. The molecule has 0 atom stereocenters.